The van der Waals surface area contributed by atoms with Crippen LogP contribution in [-0.2, 0) is 6.42 Å². The molecule has 3 heteroatoms. The van der Waals surface area contributed by atoms with E-state index < -0.39 is 5.97 Å². The maximum absolute atomic E-state index is 10.8. The van der Waals surface area contributed by atoms with Gasteiger partial charge < -0.3 is 14.8 Å². The number of carbonyl (C=O) groups is 1. The zero-order valence-corrected chi connectivity index (χ0v) is 8.70. The van der Waals surface area contributed by atoms with E-state index >= 15 is 0 Å². The topological polar surface area (TPSA) is 43.4 Å². The Labute approximate surface area is 84.0 Å². The largest absolute Gasteiger partial charge is 0.545 e. The van der Waals surface area contributed by atoms with Crippen molar-refractivity contribution in [3.63, 3.8) is 0 Å². The van der Waals surface area contributed by atoms with Gasteiger partial charge in [0.25, 0.3) is 0 Å². The summed E-state index contributed by atoms with van der Waals surface area (Å²) in [5.41, 5.74) is 2.07. The van der Waals surface area contributed by atoms with Crippen LogP contribution in [0, 0.1) is 0 Å². The second-order valence-electron chi connectivity index (χ2n) is 3.39. The second-order valence-corrected chi connectivity index (χ2v) is 3.39. The number of rotatable bonds is 3. The molecule has 3 nitrogen and oxygen atoms in total. The number of aromatic carboxylic acids is 1. The monoisotopic (exact) mass is 192 g/mol. The highest BCUT2D eigenvalue weighted by Crippen LogP contribution is 2.20. The van der Waals surface area contributed by atoms with Gasteiger partial charge in [-0.2, -0.15) is 0 Å². The SMILES string of the molecule is CCc1ccc(C(=O)[O-])c(N(C)C)c1. The van der Waals surface area contributed by atoms with Crippen molar-refractivity contribution in [2.24, 2.45) is 0 Å². The van der Waals surface area contributed by atoms with Crippen molar-refractivity contribution >= 4 is 11.7 Å². The molecule has 76 valence electrons. The highest BCUT2D eigenvalue weighted by molar-refractivity contribution is 5.93. The van der Waals surface area contributed by atoms with E-state index in [-0.39, 0.29) is 5.56 Å². The fourth-order valence-electron chi connectivity index (χ4n) is 1.34. The van der Waals surface area contributed by atoms with Crippen LogP contribution in [0.2, 0.25) is 0 Å². The maximum atomic E-state index is 10.8. The first-order valence-electron chi connectivity index (χ1n) is 4.57. The number of carbonyl (C=O) groups excluding carboxylic acids is 1. The molecule has 14 heavy (non-hydrogen) atoms. The lowest BCUT2D eigenvalue weighted by atomic mass is 10.1. The van der Waals surface area contributed by atoms with Crippen molar-refractivity contribution in [2.75, 3.05) is 19.0 Å². The van der Waals surface area contributed by atoms with Crippen LogP contribution in [0.1, 0.15) is 22.8 Å². The van der Waals surface area contributed by atoms with Crippen LogP contribution in [0.15, 0.2) is 18.2 Å². The zero-order chi connectivity index (χ0) is 10.7. The molecular weight excluding hydrogens is 178 g/mol. The Morgan fingerprint density at radius 2 is 2.07 bits per heavy atom. The van der Waals surface area contributed by atoms with E-state index in [0.29, 0.717) is 5.69 Å². The minimum absolute atomic E-state index is 0.243. The van der Waals surface area contributed by atoms with E-state index in [1.54, 1.807) is 11.0 Å². The number of anilines is 1. The third-order valence-corrected chi connectivity index (χ3v) is 2.17. The van der Waals surface area contributed by atoms with Crippen molar-refractivity contribution in [3.8, 4) is 0 Å². The van der Waals surface area contributed by atoms with Gasteiger partial charge in [-0.15, -0.1) is 0 Å². The first kappa shape index (κ1) is 10.6. The Kier molecular flexibility index (Phi) is 3.12. The molecule has 0 heterocycles. The quantitative estimate of drug-likeness (QED) is 0.707. The van der Waals surface area contributed by atoms with Crippen LogP contribution in [0.4, 0.5) is 5.69 Å². The van der Waals surface area contributed by atoms with Crippen molar-refractivity contribution in [1.29, 1.82) is 0 Å². The molecule has 0 fully saturated rings. The number of carboxylic acid groups (broad SMARTS) is 1. The van der Waals surface area contributed by atoms with E-state index in [4.69, 9.17) is 0 Å². The molecule has 0 saturated carbocycles. The van der Waals surface area contributed by atoms with Crippen molar-refractivity contribution in [2.45, 2.75) is 13.3 Å². The van der Waals surface area contributed by atoms with Crippen LogP contribution in [0.25, 0.3) is 0 Å². The molecule has 1 rings (SSSR count). The van der Waals surface area contributed by atoms with Crippen LogP contribution in [-0.4, -0.2) is 20.1 Å². The summed E-state index contributed by atoms with van der Waals surface area (Å²) in [6.07, 6.45) is 0.897. The number of nitrogens with zero attached hydrogens (tertiary/aromatic N) is 1. The van der Waals surface area contributed by atoms with Gasteiger partial charge in [-0.1, -0.05) is 19.1 Å². The Morgan fingerprint density at radius 3 is 2.50 bits per heavy atom. The van der Waals surface area contributed by atoms with Gasteiger partial charge in [0.2, 0.25) is 0 Å². The highest BCUT2D eigenvalue weighted by Gasteiger charge is 2.05. The number of hydrogen-bond acceptors (Lipinski definition) is 3. The predicted octanol–water partition coefficient (Wildman–Crippen LogP) is 0.678. The molecular formula is C11H14NO2-. The minimum atomic E-state index is -1.13. The molecule has 0 atom stereocenters. The predicted molar refractivity (Wildman–Crippen MR) is 54.5 cm³/mol. The summed E-state index contributed by atoms with van der Waals surface area (Å²) >= 11 is 0. The van der Waals surface area contributed by atoms with E-state index in [0.717, 1.165) is 12.0 Å². The van der Waals surface area contributed by atoms with E-state index in [1.807, 2.05) is 33.2 Å². The van der Waals surface area contributed by atoms with E-state index in [1.165, 1.54) is 0 Å². The molecule has 0 aliphatic rings. The highest BCUT2D eigenvalue weighted by atomic mass is 16.4. The molecule has 0 aromatic heterocycles. The summed E-state index contributed by atoms with van der Waals surface area (Å²) in [6, 6.07) is 5.30. The molecule has 0 saturated heterocycles. The van der Waals surface area contributed by atoms with Gasteiger partial charge >= 0.3 is 0 Å². The van der Waals surface area contributed by atoms with Crippen LogP contribution in [0.3, 0.4) is 0 Å². The number of aryl methyl sites for hydroxylation is 1. The fraction of sp³-hybridized carbons (Fsp3) is 0.364. The molecule has 0 radical (unpaired) electrons. The standard InChI is InChI=1S/C11H15NO2/c1-4-8-5-6-9(11(13)14)10(7-8)12(2)3/h5-7H,4H2,1-3H3,(H,13,14)/p-1. The average molecular weight is 192 g/mol. The molecule has 0 amide bonds. The van der Waals surface area contributed by atoms with Crippen LogP contribution >= 0.6 is 0 Å². The molecule has 0 unspecified atom stereocenters. The number of hydrogen-bond donors (Lipinski definition) is 0. The first-order chi connectivity index (χ1) is 6.56. The first-order valence-corrected chi connectivity index (χ1v) is 4.57. The van der Waals surface area contributed by atoms with E-state index in [2.05, 4.69) is 0 Å². The fourth-order valence-corrected chi connectivity index (χ4v) is 1.34. The molecule has 0 spiro atoms. The minimum Gasteiger partial charge on any atom is -0.545 e. The summed E-state index contributed by atoms with van der Waals surface area (Å²) in [4.78, 5) is 12.6. The van der Waals surface area contributed by atoms with Gasteiger partial charge in [0.15, 0.2) is 0 Å². The smallest absolute Gasteiger partial charge is 0.0736 e. The molecule has 1 aromatic rings. The van der Waals surface area contributed by atoms with Gasteiger partial charge in [-0.05, 0) is 18.1 Å². The third kappa shape index (κ3) is 2.05. The van der Waals surface area contributed by atoms with Crippen molar-refractivity contribution < 1.29 is 9.90 Å². The third-order valence-electron chi connectivity index (χ3n) is 2.17. The molecule has 0 N–H and O–H groups in total. The Hall–Kier alpha value is -1.51. The van der Waals surface area contributed by atoms with Crippen molar-refractivity contribution in [1.82, 2.24) is 0 Å². The Balaban J connectivity index is 3.24. The lowest BCUT2D eigenvalue weighted by Gasteiger charge is -2.19. The van der Waals surface area contributed by atoms with Gasteiger partial charge in [0.05, 0.1) is 5.97 Å². The van der Waals surface area contributed by atoms with Crippen LogP contribution < -0.4 is 10.0 Å². The second kappa shape index (κ2) is 4.13. The lowest BCUT2D eigenvalue weighted by Crippen LogP contribution is -2.25. The summed E-state index contributed by atoms with van der Waals surface area (Å²) in [5, 5.41) is 10.8. The Morgan fingerprint density at radius 1 is 1.43 bits per heavy atom. The van der Waals surface area contributed by atoms with E-state index in [9.17, 15) is 9.90 Å². The van der Waals surface area contributed by atoms with Gasteiger partial charge in [-0.25, -0.2) is 0 Å². The number of benzene rings is 1. The Bertz CT molecular complexity index is 345. The van der Waals surface area contributed by atoms with Gasteiger partial charge in [0, 0.05) is 25.3 Å². The zero-order valence-electron chi connectivity index (χ0n) is 8.70. The van der Waals surface area contributed by atoms with Crippen LogP contribution in [0.5, 0.6) is 0 Å². The molecule has 0 aliphatic heterocycles. The normalized spacial score (nSPS) is 9.93. The average Bonchev–Trinajstić information content (AvgIpc) is 2.16. The van der Waals surface area contributed by atoms with Crippen molar-refractivity contribution in [3.05, 3.63) is 29.3 Å². The summed E-state index contributed by atoms with van der Waals surface area (Å²) in [5.74, 6) is -1.13. The summed E-state index contributed by atoms with van der Waals surface area (Å²) < 4.78 is 0. The molecule has 1 aromatic carbocycles. The maximum Gasteiger partial charge on any atom is 0.0736 e. The molecule has 0 aliphatic carbocycles. The number of carboxylic acids is 1. The van der Waals surface area contributed by atoms with Gasteiger partial charge in [-0.3, -0.25) is 0 Å². The molecule has 0 bridgehead atoms. The van der Waals surface area contributed by atoms with Gasteiger partial charge in [0.1, 0.15) is 0 Å². The summed E-state index contributed by atoms with van der Waals surface area (Å²) in [6.45, 7) is 2.04. The summed E-state index contributed by atoms with van der Waals surface area (Å²) in [7, 11) is 3.64. The lowest BCUT2D eigenvalue weighted by molar-refractivity contribution is -0.254.